The highest BCUT2D eigenvalue weighted by Gasteiger charge is 2.29. The van der Waals surface area contributed by atoms with E-state index in [0.717, 1.165) is 56.2 Å². The van der Waals surface area contributed by atoms with E-state index in [1.165, 1.54) is 0 Å². The van der Waals surface area contributed by atoms with Gasteiger partial charge in [0.15, 0.2) is 0 Å². The zero-order valence-corrected chi connectivity index (χ0v) is 16.3. The molecule has 140 valence electrons. The lowest BCUT2D eigenvalue weighted by molar-refractivity contribution is 1.50. The number of fused-ring (bicyclic) bond motifs is 2. The van der Waals surface area contributed by atoms with E-state index in [2.05, 4.69) is 97.1 Å². The number of hydrogen-bond donors (Lipinski definition) is 0. The lowest BCUT2D eigenvalue weighted by atomic mass is 9.96. The smallest absolute Gasteiger partial charge is 0.0979 e. The highest BCUT2D eigenvalue weighted by molar-refractivity contribution is 6.26. The number of benzene rings is 4. The van der Waals surface area contributed by atoms with E-state index in [-0.39, 0.29) is 0 Å². The highest BCUT2D eigenvalue weighted by atomic mass is 14.9. The maximum atomic E-state index is 5.12. The lowest BCUT2D eigenvalue weighted by Crippen LogP contribution is -1.99. The van der Waals surface area contributed by atoms with Crippen molar-refractivity contribution in [1.82, 2.24) is 0 Å². The molecule has 0 unspecified atom stereocenters. The first-order chi connectivity index (χ1) is 14.9. The Morgan fingerprint density at radius 3 is 1.07 bits per heavy atom. The van der Waals surface area contributed by atoms with Crippen molar-refractivity contribution in [2.75, 3.05) is 0 Å². The monoisotopic (exact) mass is 382 g/mol. The summed E-state index contributed by atoms with van der Waals surface area (Å²) in [6, 6.07) is 37.7. The summed E-state index contributed by atoms with van der Waals surface area (Å²) in [5.74, 6) is 0. The fraction of sp³-hybridized carbons (Fsp3) is 0. The second kappa shape index (κ2) is 6.78. The van der Waals surface area contributed by atoms with Gasteiger partial charge in [0.1, 0.15) is 0 Å². The van der Waals surface area contributed by atoms with Crippen molar-refractivity contribution >= 4 is 22.8 Å². The fourth-order valence-electron chi connectivity index (χ4n) is 4.25. The number of nitrogens with zero attached hydrogens (tertiary/aromatic N) is 2. The Balaban J connectivity index is 1.63. The zero-order valence-electron chi connectivity index (χ0n) is 16.3. The van der Waals surface area contributed by atoms with Gasteiger partial charge in [0.25, 0.3) is 0 Å². The van der Waals surface area contributed by atoms with Crippen molar-refractivity contribution < 1.29 is 0 Å². The Hall–Kier alpha value is -4.04. The van der Waals surface area contributed by atoms with Crippen LogP contribution in [0.4, 0.5) is 0 Å². The van der Waals surface area contributed by atoms with Gasteiger partial charge in [-0.3, -0.25) is 0 Å². The molecule has 4 aromatic rings. The predicted molar refractivity (Wildman–Crippen MR) is 124 cm³/mol. The third-order valence-corrected chi connectivity index (χ3v) is 5.64. The molecular formula is C28H18N2. The molecule has 0 bridgehead atoms. The summed E-state index contributed by atoms with van der Waals surface area (Å²) in [5.41, 5.74) is 10.8. The van der Waals surface area contributed by atoms with E-state index in [0.29, 0.717) is 0 Å². The van der Waals surface area contributed by atoms with Crippen LogP contribution in [0.15, 0.2) is 119 Å². The van der Waals surface area contributed by atoms with Gasteiger partial charge in [-0.15, -0.1) is 0 Å². The second-order valence-corrected chi connectivity index (χ2v) is 7.44. The number of aliphatic imine (C=N–C) groups is 2. The van der Waals surface area contributed by atoms with Crippen LogP contribution in [0.3, 0.4) is 0 Å². The van der Waals surface area contributed by atoms with Crippen LogP contribution in [0.2, 0.25) is 0 Å². The first-order valence-electron chi connectivity index (χ1n) is 10.1. The molecule has 2 aliphatic heterocycles. The molecule has 2 heterocycles. The van der Waals surface area contributed by atoms with Crippen molar-refractivity contribution in [2.24, 2.45) is 9.98 Å². The molecule has 2 nitrogen and oxygen atoms in total. The summed E-state index contributed by atoms with van der Waals surface area (Å²) in [5, 5.41) is 0. The van der Waals surface area contributed by atoms with Gasteiger partial charge >= 0.3 is 0 Å². The van der Waals surface area contributed by atoms with Crippen molar-refractivity contribution in [3.05, 3.63) is 143 Å². The van der Waals surface area contributed by atoms with E-state index in [1.54, 1.807) is 0 Å². The Labute approximate surface area is 175 Å². The first kappa shape index (κ1) is 16.9. The van der Waals surface area contributed by atoms with E-state index >= 15 is 0 Å². The summed E-state index contributed by atoms with van der Waals surface area (Å²) in [4.78, 5) is 10.2. The maximum absolute atomic E-state index is 5.12. The van der Waals surface area contributed by atoms with Crippen molar-refractivity contribution in [3.63, 3.8) is 0 Å². The standard InChI is InChI=1S/C28H18N2/c1-3-11-19(12-4-1)25-21-15-7-9-17-23(21)27(29-25)28-24-18-10-8-16-22(24)26(30-28)20-13-5-2-6-14-20/h1-18H/b28-27-. The lowest BCUT2D eigenvalue weighted by Gasteiger charge is -2.04. The number of rotatable bonds is 2. The Morgan fingerprint density at radius 2 is 0.667 bits per heavy atom. The summed E-state index contributed by atoms with van der Waals surface area (Å²) in [6.07, 6.45) is 0. The Bertz CT molecular complexity index is 1250. The summed E-state index contributed by atoms with van der Waals surface area (Å²) in [7, 11) is 0. The topological polar surface area (TPSA) is 24.7 Å². The van der Waals surface area contributed by atoms with Crippen LogP contribution in [-0.4, -0.2) is 11.4 Å². The molecule has 0 aromatic heterocycles. The van der Waals surface area contributed by atoms with Crippen LogP contribution >= 0.6 is 0 Å². The normalized spacial score (nSPS) is 16.7. The molecule has 0 spiro atoms. The van der Waals surface area contributed by atoms with E-state index in [4.69, 9.17) is 9.98 Å². The van der Waals surface area contributed by atoms with Crippen LogP contribution in [0, 0.1) is 0 Å². The van der Waals surface area contributed by atoms with Gasteiger partial charge in [-0.25, -0.2) is 9.98 Å². The molecule has 0 saturated carbocycles. The van der Waals surface area contributed by atoms with Gasteiger partial charge in [0.05, 0.1) is 22.8 Å². The quantitative estimate of drug-likeness (QED) is 0.393. The molecule has 0 N–H and O–H groups in total. The minimum absolute atomic E-state index is 0.947. The average Bonchev–Trinajstić information content (AvgIpc) is 3.39. The molecule has 6 rings (SSSR count). The van der Waals surface area contributed by atoms with E-state index in [1.807, 2.05) is 12.1 Å². The summed E-state index contributed by atoms with van der Waals surface area (Å²) >= 11 is 0. The molecule has 0 fully saturated rings. The zero-order chi connectivity index (χ0) is 19.9. The van der Waals surface area contributed by atoms with Gasteiger partial charge in [0.2, 0.25) is 0 Å². The predicted octanol–water partition coefficient (Wildman–Crippen LogP) is 6.21. The third-order valence-electron chi connectivity index (χ3n) is 5.64. The van der Waals surface area contributed by atoms with Gasteiger partial charge in [-0.1, -0.05) is 109 Å². The van der Waals surface area contributed by atoms with Gasteiger partial charge in [-0.2, -0.15) is 0 Å². The largest absolute Gasteiger partial charge is 0.245 e. The van der Waals surface area contributed by atoms with Crippen molar-refractivity contribution in [1.29, 1.82) is 0 Å². The molecule has 0 radical (unpaired) electrons. The van der Waals surface area contributed by atoms with Crippen LogP contribution in [0.25, 0.3) is 11.4 Å². The highest BCUT2D eigenvalue weighted by Crippen LogP contribution is 2.41. The van der Waals surface area contributed by atoms with Gasteiger partial charge in [0, 0.05) is 33.4 Å². The van der Waals surface area contributed by atoms with E-state index < -0.39 is 0 Å². The van der Waals surface area contributed by atoms with Crippen LogP contribution in [0.5, 0.6) is 0 Å². The van der Waals surface area contributed by atoms with Crippen LogP contribution in [0.1, 0.15) is 33.4 Å². The van der Waals surface area contributed by atoms with Gasteiger partial charge < -0.3 is 0 Å². The summed E-state index contributed by atoms with van der Waals surface area (Å²) in [6.45, 7) is 0. The van der Waals surface area contributed by atoms with Crippen molar-refractivity contribution in [2.45, 2.75) is 0 Å². The minimum Gasteiger partial charge on any atom is -0.245 e. The Morgan fingerprint density at radius 1 is 0.333 bits per heavy atom. The maximum Gasteiger partial charge on any atom is 0.0979 e. The van der Waals surface area contributed by atoms with Crippen LogP contribution < -0.4 is 0 Å². The number of hydrogen-bond acceptors (Lipinski definition) is 2. The molecular weight excluding hydrogens is 364 g/mol. The molecule has 0 amide bonds. The molecule has 2 aliphatic rings. The molecule has 0 saturated heterocycles. The second-order valence-electron chi connectivity index (χ2n) is 7.44. The van der Waals surface area contributed by atoms with Gasteiger partial charge in [-0.05, 0) is 0 Å². The minimum atomic E-state index is 0.947. The molecule has 2 heteroatoms. The van der Waals surface area contributed by atoms with E-state index in [9.17, 15) is 0 Å². The van der Waals surface area contributed by atoms with Crippen LogP contribution in [-0.2, 0) is 0 Å². The fourth-order valence-corrected chi connectivity index (χ4v) is 4.25. The molecule has 0 aliphatic carbocycles. The SMILES string of the molecule is c1ccc(C2=N/C(=C3\N=C(c4ccccc4)c4ccccc43)c3ccccc32)cc1. The van der Waals surface area contributed by atoms with Crippen molar-refractivity contribution in [3.8, 4) is 0 Å². The summed E-state index contributed by atoms with van der Waals surface area (Å²) < 4.78 is 0. The third kappa shape index (κ3) is 2.58. The Kier molecular flexibility index (Phi) is 3.82. The molecule has 0 atom stereocenters. The molecule has 4 aromatic carbocycles. The molecule has 30 heavy (non-hydrogen) atoms. The average molecular weight is 382 g/mol. The first-order valence-corrected chi connectivity index (χ1v) is 10.1.